The van der Waals surface area contributed by atoms with Crippen LogP contribution in [0.2, 0.25) is 0 Å². The van der Waals surface area contributed by atoms with Crippen molar-refractivity contribution in [1.29, 1.82) is 0 Å². The summed E-state index contributed by atoms with van der Waals surface area (Å²) in [6.45, 7) is 4.88. The van der Waals surface area contributed by atoms with Gasteiger partial charge in [-0.15, -0.1) is 0 Å². The maximum Gasteiger partial charge on any atom is 0.234 e. The van der Waals surface area contributed by atoms with Crippen molar-refractivity contribution < 1.29 is 14.3 Å². The summed E-state index contributed by atoms with van der Waals surface area (Å²) >= 11 is 0. The number of allylic oxidation sites excluding steroid dienone is 2. The van der Waals surface area contributed by atoms with E-state index in [9.17, 15) is 9.90 Å². The van der Waals surface area contributed by atoms with Crippen molar-refractivity contribution in [3.8, 4) is 0 Å². The minimum absolute atomic E-state index is 0.0789. The van der Waals surface area contributed by atoms with Gasteiger partial charge in [-0.25, -0.2) is 4.98 Å². The van der Waals surface area contributed by atoms with E-state index in [-0.39, 0.29) is 23.0 Å². The third-order valence-corrected chi connectivity index (χ3v) is 2.79. The van der Waals surface area contributed by atoms with Gasteiger partial charge in [-0.2, -0.15) is 0 Å². The van der Waals surface area contributed by atoms with Gasteiger partial charge in [-0.1, -0.05) is 13.0 Å². The van der Waals surface area contributed by atoms with Crippen molar-refractivity contribution in [2.24, 2.45) is 0 Å². The number of aryl methyl sites for hydroxylation is 1. The normalized spacial score (nSPS) is 12.6. The first kappa shape index (κ1) is 12.4. The fourth-order valence-electron chi connectivity index (χ4n) is 1.86. The molecular formula is C14H15NO3. The summed E-state index contributed by atoms with van der Waals surface area (Å²) in [5, 5.41) is 9.52. The highest BCUT2D eigenvalue weighted by atomic mass is 16.4. The van der Waals surface area contributed by atoms with Crippen LogP contribution in [0.4, 0.5) is 0 Å². The van der Waals surface area contributed by atoms with Crippen molar-refractivity contribution in [2.45, 2.75) is 27.2 Å². The van der Waals surface area contributed by atoms with Crippen LogP contribution >= 0.6 is 0 Å². The molecule has 0 aliphatic heterocycles. The van der Waals surface area contributed by atoms with Crippen molar-refractivity contribution in [2.75, 3.05) is 0 Å². The van der Waals surface area contributed by atoms with Crippen LogP contribution in [0.25, 0.3) is 16.7 Å². The van der Waals surface area contributed by atoms with Crippen LogP contribution in [-0.4, -0.2) is 15.9 Å². The van der Waals surface area contributed by atoms with E-state index in [2.05, 4.69) is 11.9 Å². The molecule has 0 bridgehead atoms. The molecule has 94 valence electrons. The van der Waals surface area contributed by atoms with Crippen LogP contribution in [0.3, 0.4) is 0 Å². The Morgan fingerprint density at radius 1 is 1.39 bits per heavy atom. The minimum atomic E-state index is -0.266. The van der Waals surface area contributed by atoms with Crippen LogP contribution in [0.5, 0.6) is 0 Å². The molecule has 1 aromatic carbocycles. The van der Waals surface area contributed by atoms with Gasteiger partial charge in [-0.05, 0) is 38.0 Å². The summed E-state index contributed by atoms with van der Waals surface area (Å²) in [5.41, 5.74) is 2.59. The number of fused-ring (bicyclic) bond motifs is 1. The quantitative estimate of drug-likeness (QED) is 0.665. The van der Waals surface area contributed by atoms with E-state index in [1.165, 1.54) is 13.8 Å². The summed E-state index contributed by atoms with van der Waals surface area (Å²) in [6, 6.07) is 5.71. The average molecular weight is 245 g/mol. The number of rotatable bonds is 3. The number of oxazole rings is 1. The summed E-state index contributed by atoms with van der Waals surface area (Å²) in [4.78, 5) is 15.7. The number of aliphatic hydroxyl groups is 1. The lowest BCUT2D eigenvalue weighted by atomic mass is 10.1. The number of ketones is 1. The molecule has 0 unspecified atom stereocenters. The number of benzene rings is 1. The maximum absolute atomic E-state index is 11.5. The fraction of sp³-hybridized carbons (Fsp3) is 0.286. The lowest BCUT2D eigenvalue weighted by Crippen LogP contribution is -1.99. The van der Waals surface area contributed by atoms with Gasteiger partial charge < -0.3 is 9.52 Å². The Morgan fingerprint density at radius 3 is 2.67 bits per heavy atom. The van der Waals surface area contributed by atoms with Crippen LogP contribution < -0.4 is 0 Å². The Balaban J connectivity index is 2.60. The van der Waals surface area contributed by atoms with Crippen molar-refractivity contribution in [1.82, 2.24) is 4.98 Å². The van der Waals surface area contributed by atoms with Gasteiger partial charge in [0.25, 0.3) is 0 Å². The second kappa shape index (κ2) is 4.64. The van der Waals surface area contributed by atoms with Crippen LogP contribution in [-0.2, 0) is 11.2 Å². The van der Waals surface area contributed by atoms with E-state index in [1.807, 2.05) is 18.2 Å². The molecule has 0 spiro atoms. The molecule has 0 saturated heterocycles. The molecule has 1 aromatic heterocycles. The molecule has 18 heavy (non-hydrogen) atoms. The molecule has 0 saturated carbocycles. The van der Waals surface area contributed by atoms with Crippen LogP contribution in [0.15, 0.2) is 28.4 Å². The predicted molar refractivity (Wildman–Crippen MR) is 69.3 cm³/mol. The van der Waals surface area contributed by atoms with E-state index in [1.54, 1.807) is 0 Å². The first-order chi connectivity index (χ1) is 8.52. The molecule has 0 radical (unpaired) electrons. The smallest absolute Gasteiger partial charge is 0.234 e. The lowest BCUT2D eigenvalue weighted by Gasteiger charge is -1.98. The van der Waals surface area contributed by atoms with Gasteiger partial charge in [-0.3, -0.25) is 4.79 Å². The van der Waals surface area contributed by atoms with Crippen molar-refractivity contribution in [3.05, 3.63) is 35.4 Å². The number of carbonyl (C=O) groups is 1. The summed E-state index contributed by atoms with van der Waals surface area (Å²) in [5.74, 6) is -0.173. The summed E-state index contributed by atoms with van der Waals surface area (Å²) in [6.07, 6.45) is 0.909. The monoisotopic (exact) mass is 245 g/mol. The van der Waals surface area contributed by atoms with Crippen LogP contribution in [0.1, 0.15) is 32.2 Å². The zero-order valence-electron chi connectivity index (χ0n) is 10.7. The van der Waals surface area contributed by atoms with Gasteiger partial charge >= 0.3 is 0 Å². The highest BCUT2D eigenvalue weighted by Crippen LogP contribution is 2.24. The molecule has 4 heteroatoms. The molecule has 0 amide bonds. The first-order valence-electron chi connectivity index (χ1n) is 5.83. The molecule has 1 heterocycles. The molecule has 0 aliphatic carbocycles. The maximum atomic E-state index is 11.5. The highest BCUT2D eigenvalue weighted by Gasteiger charge is 2.18. The SMILES string of the molecule is CCc1ccc2oc(/C(C(C)=O)=C(/C)O)nc2c1. The van der Waals surface area contributed by atoms with Crippen molar-refractivity contribution >= 4 is 22.5 Å². The molecule has 0 fully saturated rings. The van der Waals surface area contributed by atoms with E-state index in [0.29, 0.717) is 11.1 Å². The van der Waals surface area contributed by atoms with E-state index >= 15 is 0 Å². The third kappa shape index (κ3) is 2.14. The Labute approximate surface area is 105 Å². The fourth-order valence-corrected chi connectivity index (χ4v) is 1.86. The number of hydrogen-bond donors (Lipinski definition) is 1. The first-order valence-corrected chi connectivity index (χ1v) is 5.83. The molecule has 2 aromatic rings. The number of aliphatic hydroxyl groups excluding tert-OH is 1. The molecule has 0 atom stereocenters. The second-order valence-corrected chi connectivity index (χ2v) is 4.19. The Morgan fingerprint density at radius 2 is 2.11 bits per heavy atom. The highest BCUT2D eigenvalue weighted by molar-refractivity contribution is 6.18. The molecule has 2 rings (SSSR count). The standard InChI is InChI=1S/C14H15NO3/c1-4-10-5-6-12-11(7-10)15-14(18-12)13(8(2)16)9(3)17/h5-7,16H,4H2,1-3H3/b13-8-. The predicted octanol–water partition coefficient (Wildman–Crippen LogP) is 3.27. The van der Waals surface area contributed by atoms with E-state index in [4.69, 9.17) is 4.42 Å². The largest absolute Gasteiger partial charge is 0.512 e. The van der Waals surface area contributed by atoms with Gasteiger partial charge in [0.1, 0.15) is 16.8 Å². The van der Waals surface area contributed by atoms with E-state index in [0.717, 1.165) is 12.0 Å². The molecular weight excluding hydrogens is 230 g/mol. The minimum Gasteiger partial charge on any atom is -0.512 e. The van der Waals surface area contributed by atoms with Crippen LogP contribution in [0, 0.1) is 0 Å². The Kier molecular flexibility index (Phi) is 3.19. The zero-order chi connectivity index (χ0) is 13.3. The lowest BCUT2D eigenvalue weighted by molar-refractivity contribution is -0.112. The summed E-state index contributed by atoms with van der Waals surface area (Å²) in [7, 11) is 0. The number of nitrogens with zero attached hydrogens (tertiary/aromatic N) is 1. The topological polar surface area (TPSA) is 63.3 Å². The number of aromatic nitrogens is 1. The zero-order valence-corrected chi connectivity index (χ0v) is 10.7. The molecule has 1 N–H and O–H groups in total. The van der Waals surface area contributed by atoms with Gasteiger partial charge in [0.2, 0.25) is 5.89 Å². The van der Waals surface area contributed by atoms with Gasteiger partial charge in [0.15, 0.2) is 11.4 Å². The number of Topliss-reactive ketones (excluding diaryl/α,β-unsaturated/α-hetero) is 1. The molecule has 4 nitrogen and oxygen atoms in total. The Bertz CT molecular complexity index is 634. The Hall–Kier alpha value is -2.10. The molecule has 0 aliphatic rings. The second-order valence-electron chi connectivity index (χ2n) is 4.19. The van der Waals surface area contributed by atoms with E-state index < -0.39 is 0 Å². The van der Waals surface area contributed by atoms with Gasteiger partial charge in [0, 0.05) is 0 Å². The van der Waals surface area contributed by atoms with Crippen molar-refractivity contribution in [3.63, 3.8) is 0 Å². The number of carbonyl (C=O) groups excluding carboxylic acids is 1. The van der Waals surface area contributed by atoms with Gasteiger partial charge in [0.05, 0.1) is 0 Å². The average Bonchev–Trinajstić information content (AvgIpc) is 2.69. The third-order valence-electron chi connectivity index (χ3n) is 2.79. The number of hydrogen-bond acceptors (Lipinski definition) is 4. The summed E-state index contributed by atoms with van der Waals surface area (Å²) < 4.78 is 5.50.